The van der Waals surface area contributed by atoms with E-state index in [2.05, 4.69) is 21.2 Å². The van der Waals surface area contributed by atoms with Crippen molar-refractivity contribution < 1.29 is 14.3 Å². The largest absolute Gasteiger partial charge is 0.484 e. The maximum absolute atomic E-state index is 13.2. The minimum atomic E-state index is -0.708. The van der Waals surface area contributed by atoms with Crippen molar-refractivity contribution in [2.24, 2.45) is 0 Å². The lowest BCUT2D eigenvalue weighted by atomic mass is 10.1. The summed E-state index contributed by atoms with van der Waals surface area (Å²) < 4.78 is 6.79. The minimum absolute atomic E-state index is 0.00554. The van der Waals surface area contributed by atoms with Crippen molar-refractivity contribution in [3.05, 3.63) is 61.5 Å². The number of carbonyl (C=O) groups excluding carboxylic acids is 2. The Hall–Kier alpha value is -1.76. The van der Waals surface area contributed by atoms with Crippen LogP contribution in [0, 0.1) is 13.8 Å². The third kappa shape index (κ3) is 7.12. The summed E-state index contributed by atoms with van der Waals surface area (Å²) in [6.45, 7) is 9.49. The molecule has 0 saturated carbocycles. The van der Waals surface area contributed by atoms with E-state index in [9.17, 15) is 9.59 Å². The average molecular weight is 544 g/mol. The van der Waals surface area contributed by atoms with E-state index in [1.165, 1.54) is 4.90 Å². The average Bonchev–Trinajstić information content (AvgIpc) is 2.74. The minimum Gasteiger partial charge on any atom is -0.484 e. The van der Waals surface area contributed by atoms with E-state index >= 15 is 0 Å². The van der Waals surface area contributed by atoms with Crippen LogP contribution in [-0.2, 0) is 16.1 Å². The number of hydrogen-bond donors (Lipinski definition) is 1. The van der Waals surface area contributed by atoms with Crippen LogP contribution >= 0.6 is 39.1 Å². The molecule has 0 radical (unpaired) electrons. The summed E-state index contributed by atoms with van der Waals surface area (Å²) in [6, 6.07) is 8.11. The Balaban J connectivity index is 2.23. The molecule has 0 aliphatic rings. The van der Waals surface area contributed by atoms with Gasteiger partial charge in [0.1, 0.15) is 11.8 Å². The molecule has 0 spiro atoms. The molecule has 2 aromatic rings. The Labute approximate surface area is 208 Å². The number of nitrogens with one attached hydrogen (secondary N) is 1. The third-order valence-electron chi connectivity index (χ3n) is 5.30. The Morgan fingerprint density at radius 2 is 1.75 bits per heavy atom. The van der Waals surface area contributed by atoms with Crippen molar-refractivity contribution in [2.45, 2.75) is 59.7 Å². The van der Waals surface area contributed by atoms with E-state index < -0.39 is 6.04 Å². The van der Waals surface area contributed by atoms with Crippen LogP contribution in [0.2, 0.25) is 10.0 Å². The molecule has 174 valence electrons. The lowest BCUT2D eigenvalue weighted by molar-refractivity contribution is -0.142. The van der Waals surface area contributed by atoms with Crippen LogP contribution in [0.15, 0.2) is 34.8 Å². The van der Waals surface area contributed by atoms with Gasteiger partial charge in [-0.05, 0) is 75.1 Å². The smallest absolute Gasteiger partial charge is 0.261 e. The van der Waals surface area contributed by atoms with Gasteiger partial charge in [0, 0.05) is 27.1 Å². The second-order valence-electron chi connectivity index (χ2n) is 7.91. The monoisotopic (exact) mass is 542 g/mol. The van der Waals surface area contributed by atoms with Crippen molar-refractivity contribution in [1.29, 1.82) is 0 Å². The molecule has 1 N–H and O–H groups in total. The second kappa shape index (κ2) is 11.9. The van der Waals surface area contributed by atoms with E-state index in [1.807, 2.05) is 39.8 Å². The first kappa shape index (κ1) is 26.5. The van der Waals surface area contributed by atoms with Gasteiger partial charge in [-0.25, -0.2) is 0 Å². The van der Waals surface area contributed by atoms with Crippen molar-refractivity contribution in [2.75, 3.05) is 6.61 Å². The summed E-state index contributed by atoms with van der Waals surface area (Å²) in [6.07, 6.45) is 0.792. The summed E-state index contributed by atoms with van der Waals surface area (Å²) in [4.78, 5) is 27.4. The molecular formula is C24H29BrCl2N2O3. The number of amides is 2. The van der Waals surface area contributed by atoms with Crippen LogP contribution in [-0.4, -0.2) is 35.4 Å². The molecule has 2 aromatic carbocycles. The topological polar surface area (TPSA) is 58.6 Å². The normalized spacial score (nSPS) is 12.8. The van der Waals surface area contributed by atoms with Gasteiger partial charge in [0.25, 0.3) is 5.91 Å². The molecule has 32 heavy (non-hydrogen) atoms. The molecule has 2 atom stereocenters. The maximum atomic E-state index is 13.2. The molecule has 0 unspecified atom stereocenters. The molecule has 2 amide bonds. The Morgan fingerprint density at radius 1 is 1.12 bits per heavy atom. The summed E-state index contributed by atoms with van der Waals surface area (Å²) in [5, 5.41) is 3.87. The summed E-state index contributed by atoms with van der Waals surface area (Å²) >= 11 is 15.9. The first-order valence-corrected chi connectivity index (χ1v) is 12.0. The van der Waals surface area contributed by atoms with Crippen LogP contribution in [0.1, 0.15) is 43.9 Å². The maximum Gasteiger partial charge on any atom is 0.261 e. The van der Waals surface area contributed by atoms with E-state index in [-0.39, 0.29) is 31.0 Å². The van der Waals surface area contributed by atoms with Gasteiger partial charge < -0.3 is 15.0 Å². The number of halogens is 3. The molecule has 0 bridgehead atoms. The lowest BCUT2D eigenvalue weighted by Crippen LogP contribution is -2.50. The highest BCUT2D eigenvalue weighted by molar-refractivity contribution is 9.10. The molecule has 0 aliphatic carbocycles. The van der Waals surface area contributed by atoms with Gasteiger partial charge in [0.05, 0.1) is 0 Å². The lowest BCUT2D eigenvalue weighted by Gasteiger charge is -2.30. The van der Waals surface area contributed by atoms with Gasteiger partial charge in [-0.15, -0.1) is 0 Å². The number of rotatable bonds is 9. The van der Waals surface area contributed by atoms with E-state index in [0.29, 0.717) is 21.4 Å². The van der Waals surface area contributed by atoms with Gasteiger partial charge in [-0.3, -0.25) is 9.59 Å². The summed E-state index contributed by atoms with van der Waals surface area (Å²) in [5.41, 5.74) is 2.72. The molecule has 0 aromatic heterocycles. The number of ether oxygens (including phenoxy) is 1. The molecule has 0 fully saturated rings. The fourth-order valence-corrected chi connectivity index (χ4v) is 3.80. The predicted molar refractivity (Wildman–Crippen MR) is 133 cm³/mol. The summed E-state index contributed by atoms with van der Waals surface area (Å²) in [7, 11) is 0. The Kier molecular flexibility index (Phi) is 9.86. The van der Waals surface area contributed by atoms with Crippen molar-refractivity contribution in [3.8, 4) is 5.75 Å². The summed E-state index contributed by atoms with van der Waals surface area (Å²) in [5.74, 6) is 0.0481. The van der Waals surface area contributed by atoms with Crippen LogP contribution < -0.4 is 10.1 Å². The third-order valence-corrected chi connectivity index (χ3v) is 7.13. The highest BCUT2D eigenvalue weighted by Crippen LogP contribution is 2.27. The van der Waals surface area contributed by atoms with Gasteiger partial charge in [0.2, 0.25) is 5.91 Å². The van der Waals surface area contributed by atoms with Crippen molar-refractivity contribution in [3.63, 3.8) is 0 Å². The quantitative estimate of drug-likeness (QED) is 0.416. The Morgan fingerprint density at radius 3 is 2.31 bits per heavy atom. The number of carbonyl (C=O) groups is 2. The zero-order chi connectivity index (χ0) is 24.0. The van der Waals surface area contributed by atoms with E-state index in [1.54, 1.807) is 25.1 Å². The zero-order valence-electron chi connectivity index (χ0n) is 19.0. The standard InChI is InChI=1S/C24H29BrCl2N2O3/c1-6-16(4)28-24(31)17(5)29(12-18-7-8-19(26)11-21(18)27)22(30)13-32-20-9-14(2)23(25)15(3)10-20/h7-11,16-17H,6,12-13H2,1-5H3,(H,28,31)/t16-,17-/m1/s1. The second-order valence-corrected chi connectivity index (χ2v) is 9.55. The van der Waals surface area contributed by atoms with E-state index in [4.69, 9.17) is 27.9 Å². The van der Waals surface area contributed by atoms with Gasteiger partial charge in [-0.2, -0.15) is 0 Å². The van der Waals surface area contributed by atoms with Crippen molar-refractivity contribution >= 4 is 50.9 Å². The van der Waals surface area contributed by atoms with Crippen LogP contribution in [0.3, 0.4) is 0 Å². The predicted octanol–water partition coefficient (Wildman–Crippen LogP) is 6.08. The number of benzene rings is 2. The van der Waals surface area contributed by atoms with E-state index in [0.717, 1.165) is 22.0 Å². The number of hydrogen-bond acceptors (Lipinski definition) is 3. The van der Waals surface area contributed by atoms with Crippen LogP contribution in [0.25, 0.3) is 0 Å². The zero-order valence-corrected chi connectivity index (χ0v) is 22.1. The molecule has 5 nitrogen and oxygen atoms in total. The molecule has 0 saturated heterocycles. The highest BCUT2D eigenvalue weighted by atomic mass is 79.9. The fraction of sp³-hybridized carbons (Fsp3) is 0.417. The number of aryl methyl sites for hydroxylation is 2. The molecule has 0 heterocycles. The fourth-order valence-electron chi connectivity index (χ4n) is 3.10. The first-order chi connectivity index (χ1) is 15.0. The molecular weight excluding hydrogens is 515 g/mol. The molecule has 0 aliphatic heterocycles. The van der Waals surface area contributed by atoms with Gasteiger partial charge in [0.15, 0.2) is 6.61 Å². The molecule has 2 rings (SSSR count). The SMILES string of the molecule is CC[C@@H](C)NC(=O)[C@@H](C)N(Cc1ccc(Cl)cc1Cl)C(=O)COc1cc(C)c(Br)c(C)c1. The van der Waals surface area contributed by atoms with Crippen molar-refractivity contribution in [1.82, 2.24) is 10.2 Å². The van der Waals surface area contributed by atoms with Crippen LogP contribution in [0.4, 0.5) is 0 Å². The number of nitrogens with zero attached hydrogens (tertiary/aromatic N) is 1. The first-order valence-electron chi connectivity index (χ1n) is 10.5. The molecule has 8 heteroatoms. The van der Waals surface area contributed by atoms with Gasteiger partial charge in [-0.1, -0.05) is 52.1 Å². The van der Waals surface area contributed by atoms with Gasteiger partial charge >= 0.3 is 0 Å². The van der Waals surface area contributed by atoms with Crippen LogP contribution in [0.5, 0.6) is 5.75 Å². The Bertz CT molecular complexity index is 961. The highest BCUT2D eigenvalue weighted by Gasteiger charge is 2.27.